The van der Waals surface area contributed by atoms with Gasteiger partial charge in [-0.05, 0) is 37.3 Å². The van der Waals surface area contributed by atoms with Gasteiger partial charge in [0.25, 0.3) is 0 Å². The lowest BCUT2D eigenvalue weighted by atomic mass is 10.1. The summed E-state index contributed by atoms with van der Waals surface area (Å²) in [7, 11) is 0. The maximum atomic E-state index is 12.6. The summed E-state index contributed by atoms with van der Waals surface area (Å²) in [5.41, 5.74) is 1.15. The highest BCUT2D eigenvalue weighted by Crippen LogP contribution is 2.47. The zero-order chi connectivity index (χ0) is 16.5. The molecule has 1 saturated carbocycles. The number of hydrogen-bond acceptors (Lipinski definition) is 4. The summed E-state index contributed by atoms with van der Waals surface area (Å²) in [5, 5.41) is 3.19. The van der Waals surface area contributed by atoms with E-state index in [9.17, 15) is 4.79 Å². The van der Waals surface area contributed by atoms with Crippen molar-refractivity contribution in [3.8, 4) is 0 Å². The SMILES string of the molecule is CCn1ccnc1[C@H]1OCC[C@@H]1NC(=O)[C@H]1C[C@@H]1c1cccnc1. The normalized spacial score (nSPS) is 28.7. The quantitative estimate of drug-likeness (QED) is 0.913. The number of amides is 1. The zero-order valence-electron chi connectivity index (χ0n) is 13.8. The Morgan fingerprint density at radius 3 is 3.17 bits per heavy atom. The summed E-state index contributed by atoms with van der Waals surface area (Å²) in [6.45, 7) is 3.58. The van der Waals surface area contributed by atoms with Crippen LogP contribution in [0.25, 0.3) is 0 Å². The predicted octanol–water partition coefficient (Wildman–Crippen LogP) is 2.05. The molecular formula is C18H22N4O2. The molecule has 2 aliphatic rings. The first-order valence-corrected chi connectivity index (χ1v) is 8.61. The average molecular weight is 326 g/mol. The predicted molar refractivity (Wildman–Crippen MR) is 88.2 cm³/mol. The Kier molecular flexibility index (Phi) is 4.06. The van der Waals surface area contributed by atoms with Crippen LogP contribution in [0.2, 0.25) is 0 Å². The molecule has 1 amide bonds. The minimum absolute atomic E-state index is 0.000323. The first-order valence-electron chi connectivity index (χ1n) is 8.61. The Bertz CT molecular complexity index is 715. The molecule has 2 aromatic heterocycles. The lowest BCUT2D eigenvalue weighted by molar-refractivity contribution is -0.123. The van der Waals surface area contributed by atoms with Gasteiger partial charge in [0.2, 0.25) is 5.91 Å². The van der Waals surface area contributed by atoms with Crippen LogP contribution in [0.4, 0.5) is 0 Å². The molecular weight excluding hydrogens is 304 g/mol. The van der Waals surface area contributed by atoms with E-state index >= 15 is 0 Å². The third kappa shape index (κ3) is 2.82. The van der Waals surface area contributed by atoms with Crippen molar-refractivity contribution in [2.45, 2.75) is 44.4 Å². The Morgan fingerprint density at radius 2 is 2.38 bits per heavy atom. The lowest BCUT2D eigenvalue weighted by Gasteiger charge is -2.20. The third-order valence-electron chi connectivity index (χ3n) is 5.00. The first-order chi connectivity index (χ1) is 11.8. The minimum Gasteiger partial charge on any atom is -0.368 e. The van der Waals surface area contributed by atoms with Crippen LogP contribution in [0.5, 0.6) is 0 Å². The molecule has 1 N–H and O–H groups in total. The van der Waals surface area contributed by atoms with E-state index in [0.29, 0.717) is 12.5 Å². The Labute approximate surface area is 141 Å². The molecule has 2 aromatic rings. The number of carbonyl (C=O) groups excluding carboxylic acids is 1. The zero-order valence-corrected chi connectivity index (χ0v) is 13.8. The molecule has 1 aliphatic heterocycles. The smallest absolute Gasteiger partial charge is 0.224 e. The van der Waals surface area contributed by atoms with E-state index in [1.54, 1.807) is 12.4 Å². The van der Waals surface area contributed by atoms with Crippen molar-refractivity contribution in [3.63, 3.8) is 0 Å². The fourth-order valence-electron chi connectivity index (χ4n) is 3.58. The molecule has 4 rings (SSSR count). The molecule has 0 radical (unpaired) electrons. The highest BCUT2D eigenvalue weighted by molar-refractivity contribution is 5.83. The van der Waals surface area contributed by atoms with Crippen molar-refractivity contribution in [1.82, 2.24) is 19.9 Å². The molecule has 1 aliphatic carbocycles. The molecule has 4 atom stereocenters. The Hall–Kier alpha value is -2.21. The summed E-state index contributed by atoms with van der Waals surface area (Å²) < 4.78 is 7.93. The summed E-state index contributed by atoms with van der Waals surface area (Å²) in [6.07, 6.45) is 8.94. The number of aryl methyl sites for hydroxylation is 1. The molecule has 2 fully saturated rings. The molecule has 0 bridgehead atoms. The van der Waals surface area contributed by atoms with Gasteiger partial charge in [-0.3, -0.25) is 9.78 Å². The number of pyridine rings is 1. The third-order valence-corrected chi connectivity index (χ3v) is 5.00. The molecule has 24 heavy (non-hydrogen) atoms. The maximum Gasteiger partial charge on any atom is 0.224 e. The second-order valence-electron chi connectivity index (χ2n) is 6.50. The number of imidazole rings is 1. The molecule has 0 aromatic carbocycles. The van der Waals surface area contributed by atoms with E-state index in [1.807, 2.05) is 24.5 Å². The van der Waals surface area contributed by atoms with E-state index in [1.165, 1.54) is 0 Å². The Balaban J connectivity index is 1.41. The van der Waals surface area contributed by atoms with E-state index in [-0.39, 0.29) is 24.0 Å². The van der Waals surface area contributed by atoms with Crippen LogP contribution in [-0.4, -0.2) is 33.1 Å². The highest BCUT2D eigenvalue weighted by Gasteiger charge is 2.45. The van der Waals surface area contributed by atoms with E-state index in [0.717, 1.165) is 30.8 Å². The summed E-state index contributed by atoms with van der Waals surface area (Å²) in [5.74, 6) is 1.39. The van der Waals surface area contributed by atoms with Crippen LogP contribution >= 0.6 is 0 Å². The van der Waals surface area contributed by atoms with Gasteiger partial charge in [-0.25, -0.2) is 4.98 Å². The Morgan fingerprint density at radius 1 is 1.46 bits per heavy atom. The molecule has 3 heterocycles. The van der Waals surface area contributed by atoms with Crippen molar-refractivity contribution in [3.05, 3.63) is 48.3 Å². The monoisotopic (exact) mass is 326 g/mol. The van der Waals surface area contributed by atoms with Crippen molar-refractivity contribution in [2.75, 3.05) is 6.61 Å². The first kappa shape index (κ1) is 15.3. The fourth-order valence-corrected chi connectivity index (χ4v) is 3.58. The summed E-state index contributed by atoms with van der Waals surface area (Å²) >= 11 is 0. The number of ether oxygens (including phenoxy) is 1. The van der Waals surface area contributed by atoms with Crippen molar-refractivity contribution in [1.29, 1.82) is 0 Å². The topological polar surface area (TPSA) is 69.0 Å². The standard InChI is InChI=1S/C18H22N4O2/c1-2-22-8-7-20-17(22)16-15(5-9-24-16)21-18(23)14-10-13(14)12-4-3-6-19-11-12/h3-4,6-8,11,13-16H,2,5,9-10H2,1H3,(H,21,23)/t13-,14+,15+,16+/m1/s1. The van der Waals surface area contributed by atoms with Gasteiger partial charge < -0.3 is 14.6 Å². The molecule has 0 unspecified atom stereocenters. The second kappa shape index (κ2) is 6.36. The van der Waals surface area contributed by atoms with Crippen LogP contribution < -0.4 is 5.32 Å². The van der Waals surface area contributed by atoms with E-state index in [2.05, 4.69) is 26.8 Å². The molecule has 6 nitrogen and oxygen atoms in total. The molecule has 0 spiro atoms. The van der Waals surface area contributed by atoms with Gasteiger partial charge in [0, 0.05) is 43.9 Å². The summed E-state index contributed by atoms with van der Waals surface area (Å²) in [6, 6.07) is 3.97. The molecule has 126 valence electrons. The number of carbonyl (C=O) groups is 1. The van der Waals surface area contributed by atoms with Gasteiger partial charge in [0.05, 0.1) is 6.04 Å². The van der Waals surface area contributed by atoms with Crippen LogP contribution in [0.15, 0.2) is 36.9 Å². The minimum atomic E-state index is -0.153. The summed E-state index contributed by atoms with van der Waals surface area (Å²) in [4.78, 5) is 21.2. The van der Waals surface area contributed by atoms with Gasteiger partial charge in [0.15, 0.2) is 0 Å². The molecule has 1 saturated heterocycles. The van der Waals surface area contributed by atoms with Crippen LogP contribution in [0.3, 0.4) is 0 Å². The van der Waals surface area contributed by atoms with Gasteiger partial charge in [-0.1, -0.05) is 6.07 Å². The lowest BCUT2D eigenvalue weighted by Crippen LogP contribution is -2.38. The van der Waals surface area contributed by atoms with Gasteiger partial charge in [-0.2, -0.15) is 0 Å². The number of aromatic nitrogens is 3. The van der Waals surface area contributed by atoms with Gasteiger partial charge >= 0.3 is 0 Å². The maximum absolute atomic E-state index is 12.6. The highest BCUT2D eigenvalue weighted by atomic mass is 16.5. The number of hydrogen-bond donors (Lipinski definition) is 1. The largest absolute Gasteiger partial charge is 0.368 e. The number of rotatable bonds is 5. The average Bonchev–Trinajstić information content (AvgIpc) is 3.06. The number of nitrogens with one attached hydrogen (secondary N) is 1. The number of nitrogens with zero attached hydrogens (tertiary/aromatic N) is 3. The van der Waals surface area contributed by atoms with Crippen molar-refractivity contribution in [2.24, 2.45) is 5.92 Å². The van der Waals surface area contributed by atoms with E-state index in [4.69, 9.17) is 4.74 Å². The van der Waals surface area contributed by atoms with Crippen LogP contribution in [0.1, 0.15) is 43.2 Å². The van der Waals surface area contributed by atoms with Crippen LogP contribution in [-0.2, 0) is 16.1 Å². The van der Waals surface area contributed by atoms with Crippen molar-refractivity contribution >= 4 is 5.91 Å². The fraction of sp³-hybridized carbons (Fsp3) is 0.500. The van der Waals surface area contributed by atoms with Crippen molar-refractivity contribution < 1.29 is 9.53 Å². The van der Waals surface area contributed by atoms with Gasteiger partial charge in [-0.15, -0.1) is 0 Å². The van der Waals surface area contributed by atoms with Crippen LogP contribution in [0, 0.1) is 5.92 Å². The second-order valence-corrected chi connectivity index (χ2v) is 6.50. The van der Waals surface area contributed by atoms with Gasteiger partial charge in [0.1, 0.15) is 11.9 Å². The molecule has 6 heteroatoms. The van der Waals surface area contributed by atoms with E-state index < -0.39 is 0 Å².